The summed E-state index contributed by atoms with van der Waals surface area (Å²) >= 11 is 1.02. The van der Waals surface area contributed by atoms with Gasteiger partial charge < -0.3 is 0 Å². The van der Waals surface area contributed by atoms with Crippen molar-refractivity contribution in [2.75, 3.05) is 0 Å². The Hall–Kier alpha value is -0.0200. The fourth-order valence-electron chi connectivity index (χ4n) is 0.884. The molecule has 1 unspecified atom stereocenters. The van der Waals surface area contributed by atoms with Crippen LogP contribution in [-0.4, -0.2) is 11.7 Å². The summed E-state index contributed by atoms with van der Waals surface area (Å²) in [6.45, 7) is 4.27. The van der Waals surface area contributed by atoms with Crippen molar-refractivity contribution in [3.8, 4) is 0 Å². The Balaban J connectivity index is 3.08. The smallest absolute Gasteiger partial charge is 0.276 e. The van der Waals surface area contributed by atoms with Crippen LogP contribution in [0.3, 0.4) is 0 Å². The van der Waals surface area contributed by atoms with E-state index in [9.17, 15) is 4.79 Å². The van der Waals surface area contributed by atoms with Gasteiger partial charge in [0, 0.05) is 18.0 Å². The molecule has 0 aromatic carbocycles. The number of rotatable bonds is 7. The van der Waals surface area contributed by atoms with Crippen LogP contribution in [0.1, 0.15) is 39.5 Å². The molecule has 2 nitrogen and oxygen atoms in total. The van der Waals surface area contributed by atoms with E-state index < -0.39 is 0 Å². The van der Waals surface area contributed by atoms with Gasteiger partial charge in [-0.1, -0.05) is 26.2 Å². The number of hydrogen-bond donors (Lipinski definition) is 1. The molecule has 1 radical (unpaired) electrons. The Kier molecular flexibility index (Phi) is 8.07. The third kappa shape index (κ3) is 7.88. The van der Waals surface area contributed by atoms with Gasteiger partial charge >= 0.3 is 0 Å². The number of carbonyl (C=O) groups excluding carboxylic acids is 1. The van der Waals surface area contributed by atoms with Gasteiger partial charge in [0.05, 0.1) is 0 Å². The molecule has 0 rings (SSSR count). The van der Waals surface area contributed by atoms with Gasteiger partial charge in [-0.05, 0) is 13.3 Å². The first-order valence-electron chi connectivity index (χ1n) is 4.09. The van der Waals surface area contributed by atoms with E-state index in [1.54, 1.807) is 5.62 Å². The van der Waals surface area contributed by atoms with Crippen molar-refractivity contribution < 1.29 is 4.79 Å². The van der Waals surface area contributed by atoms with Crippen molar-refractivity contribution in [2.45, 2.75) is 45.6 Å². The predicted molar refractivity (Wildman–Crippen MR) is 50.0 cm³/mol. The molecule has 0 spiro atoms. The molecule has 3 heteroatoms. The molecule has 0 saturated heterocycles. The van der Waals surface area contributed by atoms with E-state index in [0.29, 0.717) is 6.04 Å². The Labute approximate surface area is 73.3 Å². The second kappa shape index (κ2) is 8.08. The molecule has 1 N–H and O–H groups in total. The fourth-order valence-corrected chi connectivity index (χ4v) is 1.25. The largest absolute Gasteiger partial charge is 0.282 e. The van der Waals surface area contributed by atoms with E-state index in [4.69, 9.17) is 0 Å². The van der Waals surface area contributed by atoms with Crippen LogP contribution in [0.25, 0.3) is 0 Å². The Morgan fingerprint density at radius 2 is 2.27 bits per heavy atom. The molecule has 0 aliphatic rings. The van der Waals surface area contributed by atoms with Crippen LogP contribution in [0, 0.1) is 0 Å². The molecule has 0 aliphatic heterocycles. The third-order valence-electron chi connectivity index (χ3n) is 1.54. The van der Waals surface area contributed by atoms with Crippen LogP contribution in [0.2, 0.25) is 0 Å². The van der Waals surface area contributed by atoms with Gasteiger partial charge in [-0.2, -0.15) is 0 Å². The first-order chi connectivity index (χ1) is 5.31. The zero-order chi connectivity index (χ0) is 8.53. The fraction of sp³-hybridized carbons (Fsp3) is 0.875. The van der Waals surface area contributed by atoms with Crippen LogP contribution in [0.15, 0.2) is 0 Å². The SMILES string of the molecule is CCCCCC(C)NS[C]=O. The average Bonchev–Trinajstić information content (AvgIpc) is 2.01. The Morgan fingerprint density at radius 1 is 1.55 bits per heavy atom. The monoisotopic (exact) mass is 174 g/mol. The molecule has 0 aliphatic carbocycles. The van der Waals surface area contributed by atoms with Gasteiger partial charge in [0.1, 0.15) is 0 Å². The summed E-state index contributed by atoms with van der Waals surface area (Å²) < 4.78 is 2.98. The van der Waals surface area contributed by atoms with E-state index in [0.717, 1.165) is 18.4 Å². The molecule has 0 bridgehead atoms. The lowest BCUT2D eigenvalue weighted by Gasteiger charge is -2.08. The van der Waals surface area contributed by atoms with Gasteiger partial charge in [-0.15, -0.1) is 0 Å². The van der Waals surface area contributed by atoms with Gasteiger partial charge in [0.25, 0.3) is 5.62 Å². The summed E-state index contributed by atoms with van der Waals surface area (Å²) in [5.41, 5.74) is 1.74. The van der Waals surface area contributed by atoms with Crippen molar-refractivity contribution >= 4 is 17.6 Å². The Morgan fingerprint density at radius 3 is 2.82 bits per heavy atom. The van der Waals surface area contributed by atoms with Gasteiger partial charge in [0.15, 0.2) is 0 Å². The number of nitrogens with one attached hydrogen (secondary N) is 1. The lowest BCUT2D eigenvalue weighted by Crippen LogP contribution is -2.18. The summed E-state index contributed by atoms with van der Waals surface area (Å²) in [4.78, 5) is 9.81. The number of hydrogen-bond acceptors (Lipinski definition) is 3. The predicted octanol–water partition coefficient (Wildman–Crippen LogP) is 2.26. The standard InChI is InChI=1S/C8H16NOS/c1-3-4-5-6-8(2)9-11-7-10/h8-9H,3-6H2,1-2H3. The molecular formula is C8H16NOS. The zero-order valence-electron chi connectivity index (χ0n) is 7.22. The van der Waals surface area contributed by atoms with E-state index >= 15 is 0 Å². The average molecular weight is 174 g/mol. The molecule has 0 fully saturated rings. The van der Waals surface area contributed by atoms with Crippen molar-refractivity contribution in [1.82, 2.24) is 4.72 Å². The third-order valence-corrected chi connectivity index (χ3v) is 2.15. The second-order valence-corrected chi connectivity index (χ2v) is 3.31. The first kappa shape index (κ1) is 11.0. The van der Waals surface area contributed by atoms with Crippen molar-refractivity contribution in [3.05, 3.63) is 0 Å². The lowest BCUT2D eigenvalue weighted by atomic mass is 10.1. The number of unbranched alkanes of at least 4 members (excludes halogenated alkanes) is 2. The second-order valence-electron chi connectivity index (χ2n) is 2.70. The minimum atomic E-state index is 0.424. The van der Waals surface area contributed by atoms with Crippen LogP contribution < -0.4 is 4.72 Å². The van der Waals surface area contributed by atoms with Gasteiger partial charge in [0.2, 0.25) is 0 Å². The molecule has 0 saturated carbocycles. The highest BCUT2D eigenvalue weighted by molar-refractivity contribution is 8.10. The quantitative estimate of drug-likeness (QED) is 0.474. The highest BCUT2D eigenvalue weighted by Crippen LogP contribution is 2.04. The molecule has 0 amide bonds. The highest BCUT2D eigenvalue weighted by atomic mass is 32.2. The van der Waals surface area contributed by atoms with Crippen molar-refractivity contribution in [2.24, 2.45) is 0 Å². The van der Waals surface area contributed by atoms with E-state index in [1.807, 2.05) is 0 Å². The van der Waals surface area contributed by atoms with Crippen molar-refractivity contribution in [1.29, 1.82) is 0 Å². The maximum absolute atomic E-state index is 9.81. The van der Waals surface area contributed by atoms with Crippen LogP contribution in [0.4, 0.5) is 0 Å². The molecule has 11 heavy (non-hydrogen) atoms. The highest BCUT2D eigenvalue weighted by Gasteiger charge is 1.99. The summed E-state index contributed by atoms with van der Waals surface area (Å²) in [6.07, 6.45) is 4.91. The van der Waals surface area contributed by atoms with Crippen molar-refractivity contribution in [3.63, 3.8) is 0 Å². The summed E-state index contributed by atoms with van der Waals surface area (Å²) in [5.74, 6) is 0. The molecule has 0 heterocycles. The van der Waals surface area contributed by atoms with Crippen LogP contribution >= 0.6 is 11.9 Å². The van der Waals surface area contributed by atoms with E-state index in [1.165, 1.54) is 19.3 Å². The Bertz CT molecular complexity index is 98.1. The first-order valence-corrected chi connectivity index (χ1v) is 4.91. The van der Waals surface area contributed by atoms with E-state index in [-0.39, 0.29) is 0 Å². The minimum Gasteiger partial charge on any atom is -0.276 e. The van der Waals surface area contributed by atoms with Gasteiger partial charge in [-0.3, -0.25) is 9.52 Å². The van der Waals surface area contributed by atoms with Gasteiger partial charge in [-0.25, -0.2) is 0 Å². The maximum Gasteiger partial charge on any atom is 0.282 e. The van der Waals surface area contributed by atoms with Crippen LogP contribution in [0.5, 0.6) is 0 Å². The molecule has 0 aromatic rings. The molecule has 65 valence electrons. The molecule has 1 atom stereocenters. The molecule has 0 aromatic heterocycles. The van der Waals surface area contributed by atoms with Crippen LogP contribution in [-0.2, 0) is 4.79 Å². The summed E-state index contributed by atoms with van der Waals surface area (Å²) in [5, 5.41) is 0. The minimum absolute atomic E-state index is 0.424. The zero-order valence-corrected chi connectivity index (χ0v) is 8.04. The maximum atomic E-state index is 9.81. The molecular weight excluding hydrogens is 158 g/mol. The lowest BCUT2D eigenvalue weighted by molar-refractivity contribution is 0.562. The van der Waals surface area contributed by atoms with E-state index in [2.05, 4.69) is 18.6 Å². The normalized spacial score (nSPS) is 12.9. The summed E-state index contributed by atoms with van der Waals surface area (Å²) in [7, 11) is 0. The summed E-state index contributed by atoms with van der Waals surface area (Å²) in [6, 6.07) is 0.424. The topological polar surface area (TPSA) is 29.1 Å².